The molecule has 34 heavy (non-hydrogen) atoms. The molecule has 0 fully saturated rings. The van der Waals surface area contributed by atoms with Crippen LogP contribution in [0.25, 0.3) is 0 Å². The van der Waals surface area contributed by atoms with Crippen molar-refractivity contribution >= 4 is 5.91 Å². The smallest absolute Gasteiger partial charge is 0.253 e. The van der Waals surface area contributed by atoms with Crippen LogP contribution in [0.3, 0.4) is 0 Å². The molecule has 0 saturated carbocycles. The summed E-state index contributed by atoms with van der Waals surface area (Å²) in [4.78, 5) is 14.6. The fraction of sp³-hybridized carbons (Fsp3) is 0.500. The molecule has 0 saturated heterocycles. The number of nitriles is 1. The van der Waals surface area contributed by atoms with Crippen molar-refractivity contribution in [2.75, 3.05) is 26.2 Å². The molecular weight excluding hydrogens is 426 g/mol. The van der Waals surface area contributed by atoms with Gasteiger partial charge in [-0.05, 0) is 63.3 Å². The van der Waals surface area contributed by atoms with E-state index in [1.165, 1.54) is 5.56 Å². The maximum atomic E-state index is 12.8. The lowest BCUT2D eigenvalue weighted by molar-refractivity contribution is 0.0755. The van der Waals surface area contributed by atoms with Gasteiger partial charge in [0.1, 0.15) is 24.5 Å². The van der Waals surface area contributed by atoms with Crippen molar-refractivity contribution < 1.29 is 14.6 Å². The van der Waals surface area contributed by atoms with Crippen LogP contribution in [0, 0.1) is 11.3 Å². The summed E-state index contributed by atoms with van der Waals surface area (Å²) in [5.41, 5.74) is 1.93. The van der Waals surface area contributed by atoms with Gasteiger partial charge in [0.2, 0.25) is 0 Å². The van der Waals surface area contributed by atoms with E-state index in [9.17, 15) is 15.2 Å². The Morgan fingerprint density at radius 2 is 1.82 bits per heavy atom. The molecule has 0 aromatic heterocycles. The highest BCUT2D eigenvalue weighted by atomic mass is 16.5. The standard InChI is InChI=1S/C28H39N3O3/c1-5-16-31(17-6-2)27(33)23-12-13-26(24(18-23)19-29)34-21-25(32)20-30-28(3,4)15-14-22-10-8-7-9-11-22/h7-13,18,25,30,32H,5-6,14-17,20-21H2,1-4H3/t25-/m1/s1. The van der Waals surface area contributed by atoms with Gasteiger partial charge in [-0.3, -0.25) is 4.79 Å². The quantitative estimate of drug-likeness (QED) is 0.427. The summed E-state index contributed by atoms with van der Waals surface area (Å²) in [6.07, 6.45) is 2.93. The number of nitrogens with zero attached hydrogens (tertiary/aromatic N) is 2. The fourth-order valence-electron chi connectivity index (χ4n) is 3.74. The molecule has 0 aliphatic carbocycles. The number of aryl methyl sites for hydroxylation is 1. The summed E-state index contributed by atoms with van der Waals surface area (Å²) in [6.45, 7) is 10.1. The first-order valence-electron chi connectivity index (χ1n) is 12.2. The van der Waals surface area contributed by atoms with E-state index in [0.717, 1.165) is 25.7 Å². The summed E-state index contributed by atoms with van der Waals surface area (Å²) >= 11 is 0. The Hall–Kier alpha value is -2.88. The number of hydrogen-bond donors (Lipinski definition) is 2. The maximum Gasteiger partial charge on any atom is 0.253 e. The van der Waals surface area contributed by atoms with Crippen LogP contribution in [-0.2, 0) is 6.42 Å². The number of aliphatic hydroxyl groups is 1. The van der Waals surface area contributed by atoms with Crippen molar-refractivity contribution in [2.45, 2.75) is 65.0 Å². The number of carbonyl (C=O) groups excluding carboxylic acids is 1. The predicted molar refractivity (Wildman–Crippen MR) is 136 cm³/mol. The number of hydrogen-bond acceptors (Lipinski definition) is 5. The molecule has 2 aromatic carbocycles. The van der Waals surface area contributed by atoms with Gasteiger partial charge >= 0.3 is 0 Å². The lowest BCUT2D eigenvalue weighted by Gasteiger charge is -2.28. The summed E-state index contributed by atoms with van der Waals surface area (Å²) in [5, 5.41) is 23.4. The van der Waals surface area contributed by atoms with Crippen molar-refractivity contribution in [3.8, 4) is 11.8 Å². The third-order valence-corrected chi connectivity index (χ3v) is 5.75. The number of carbonyl (C=O) groups is 1. The van der Waals surface area contributed by atoms with Gasteiger partial charge in [-0.25, -0.2) is 0 Å². The zero-order valence-corrected chi connectivity index (χ0v) is 21.0. The zero-order chi connectivity index (χ0) is 25.0. The minimum atomic E-state index is -0.728. The van der Waals surface area contributed by atoms with Gasteiger partial charge < -0.3 is 20.1 Å². The highest BCUT2D eigenvalue weighted by Gasteiger charge is 2.20. The molecule has 0 bridgehead atoms. The van der Waals surface area contributed by atoms with Crippen LogP contribution in [0.5, 0.6) is 5.75 Å². The average Bonchev–Trinajstić information content (AvgIpc) is 2.85. The number of rotatable bonds is 14. The highest BCUT2D eigenvalue weighted by molar-refractivity contribution is 5.94. The summed E-state index contributed by atoms with van der Waals surface area (Å²) in [7, 11) is 0. The second-order valence-electron chi connectivity index (χ2n) is 9.33. The Morgan fingerprint density at radius 3 is 2.44 bits per heavy atom. The third kappa shape index (κ3) is 8.81. The first-order chi connectivity index (χ1) is 16.3. The maximum absolute atomic E-state index is 12.8. The van der Waals surface area contributed by atoms with E-state index in [4.69, 9.17) is 4.74 Å². The molecule has 6 nitrogen and oxygen atoms in total. The van der Waals surface area contributed by atoms with Gasteiger partial charge in [-0.1, -0.05) is 44.2 Å². The van der Waals surface area contributed by atoms with Crippen LogP contribution in [0.2, 0.25) is 0 Å². The number of aliphatic hydroxyl groups excluding tert-OH is 1. The average molecular weight is 466 g/mol. The van der Waals surface area contributed by atoms with E-state index in [2.05, 4.69) is 37.4 Å². The molecule has 2 N–H and O–H groups in total. The largest absolute Gasteiger partial charge is 0.489 e. The normalized spacial score (nSPS) is 12.1. The number of amides is 1. The van der Waals surface area contributed by atoms with Crippen molar-refractivity contribution in [3.05, 3.63) is 65.2 Å². The van der Waals surface area contributed by atoms with Crippen molar-refractivity contribution in [1.82, 2.24) is 10.2 Å². The van der Waals surface area contributed by atoms with Crippen LogP contribution in [0.4, 0.5) is 0 Å². The first kappa shape index (κ1) is 27.4. The molecule has 1 amide bonds. The molecule has 6 heteroatoms. The lowest BCUT2D eigenvalue weighted by Crippen LogP contribution is -2.45. The van der Waals surface area contributed by atoms with Crippen molar-refractivity contribution in [1.29, 1.82) is 5.26 Å². The van der Waals surface area contributed by atoms with E-state index in [1.54, 1.807) is 18.2 Å². The van der Waals surface area contributed by atoms with Crippen molar-refractivity contribution in [3.63, 3.8) is 0 Å². The Bertz CT molecular complexity index is 932. The molecule has 0 heterocycles. The van der Waals surface area contributed by atoms with Crippen LogP contribution in [0.15, 0.2) is 48.5 Å². The molecule has 2 aromatic rings. The highest BCUT2D eigenvalue weighted by Crippen LogP contribution is 2.21. The number of benzene rings is 2. The topological polar surface area (TPSA) is 85.6 Å². The van der Waals surface area contributed by atoms with E-state index >= 15 is 0 Å². The second-order valence-corrected chi connectivity index (χ2v) is 9.33. The minimum Gasteiger partial charge on any atom is -0.489 e. The van der Waals surface area contributed by atoms with Gasteiger partial charge in [0.25, 0.3) is 5.91 Å². The van der Waals surface area contributed by atoms with Gasteiger partial charge in [-0.15, -0.1) is 0 Å². The van der Waals surface area contributed by atoms with Crippen LogP contribution in [-0.4, -0.2) is 53.8 Å². The van der Waals surface area contributed by atoms with E-state index in [1.807, 2.05) is 36.9 Å². The SMILES string of the molecule is CCCN(CCC)C(=O)c1ccc(OC[C@H](O)CNC(C)(C)CCc2ccccc2)c(C#N)c1. The third-order valence-electron chi connectivity index (χ3n) is 5.75. The Balaban J connectivity index is 1.89. The molecular formula is C28H39N3O3. The Labute approximate surface area is 204 Å². The molecule has 0 unspecified atom stereocenters. The number of ether oxygens (including phenoxy) is 1. The Morgan fingerprint density at radius 1 is 1.15 bits per heavy atom. The molecule has 184 valence electrons. The second kappa shape index (κ2) is 13.7. The number of nitrogens with one attached hydrogen (secondary N) is 1. The van der Waals surface area contributed by atoms with E-state index in [0.29, 0.717) is 36.5 Å². The molecule has 2 rings (SSSR count). The first-order valence-corrected chi connectivity index (χ1v) is 12.2. The van der Waals surface area contributed by atoms with Gasteiger partial charge in [-0.2, -0.15) is 5.26 Å². The minimum absolute atomic E-state index is 0.0571. The van der Waals surface area contributed by atoms with E-state index in [-0.39, 0.29) is 18.1 Å². The molecule has 0 aliphatic heterocycles. The number of β-amino-alcohol motifs (C(OH)–C–C–N with tert-alkyl or cyclic N) is 1. The summed E-state index contributed by atoms with van der Waals surface area (Å²) in [6, 6.07) is 17.4. The Kier molecular flexibility index (Phi) is 11.1. The molecule has 0 spiro atoms. The fourth-order valence-corrected chi connectivity index (χ4v) is 3.74. The van der Waals surface area contributed by atoms with Crippen molar-refractivity contribution in [2.24, 2.45) is 0 Å². The van der Waals surface area contributed by atoms with E-state index < -0.39 is 6.10 Å². The van der Waals surface area contributed by atoms with Crippen LogP contribution >= 0.6 is 0 Å². The van der Waals surface area contributed by atoms with Gasteiger partial charge in [0.05, 0.1) is 5.56 Å². The molecule has 1 atom stereocenters. The van der Waals surface area contributed by atoms with Gasteiger partial charge in [0, 0.05) is 30.7 Å². The molecule has 0 radical (unpaired) electrons. The predicted octanol–water partition coefficient (Wildman–Crippen LogP) is 4.56. The summed E-state index contributed by atoms with van der Waals surface area (Å²) in [5.74, 6) is 0.299. The van der Waals surface area contributed by atoms with Crippen LogP contribution < -0.4 is 10.1 Å². The van der Waals surface area contributed by atoms with Crippen LogP contribution in [0.1, 0.15) is 68.4 Å². The lowest BCUT2D eigenvalue weighted by atomic mass is 9.95. The summed E-state index contributed by atoms with van der Waals surface area (Å²) < 4.78 is 5.74. The molecule has 0 aliphatic rings. The monoisotopic (exact) mass is 465 g/mol. The van der Waals surface area contributed by atoms with Gasteiger partial charge in [0.15, 0.2) is 0 Å². The zero-order valence-electron chi connectivity index (χ0n) is 21.0.